The number of alkyl carbamates (subject to hydrolysis) is 1. The van der Waals surface area contributed by atoms with Gasteiger partial charge in [-0.2, -0.15) is 0 Å². The Bertz CT molecular complexity index is 789. The molecule has 1 N–H and O–H groups in total. The van der Waals surface area contributed by atoms with Crippen molar-refractivity contribution >= 4 is 12.0 Å². The van der Waals surface area contributed by atoms with Gasteiger partial charge in [-0.15, -0.1) is 0 Å². The quantitative estimate of drug-likeness (QED) is 0.881. The molecule has 1 aliphatic heterocycles. The molecular formula is C22H26N2O3. The number of benzene rings is 2. The maximum absolute atomic E-state index is 13.0. The Morgan fingerprint density at radius 1 is 1.04 bits per heavy atom. The number of ether oxygens (including phenoxy) is 1. The number of nitrogens with one attached hydrogen (secondary N) is 1. The highest BCUT2D eigenvalue weighted by molar-refractivity contribution is 5.86. The predicted molar refractivity (Wildman–Crippen MR) is 104 cm³/mol. The summed E-state index contributed by atoms with van der Waals surface area (Å²) in [5, 5.41) is 2.76. The Hall–Kier alpha value is -2.82. The van der Waals surface area contributed by atoms with Crippen LogP contribution in [0.2, 0.25) is 0 Å². The molecule has 0 spiro atoms. The Balaban J connectivity index is 1.59. The summed E-state index contributed by atoms with van der Waals surface area (Å²) in [6.07, 6.45) is 0.272. The summed E-state index contributed by atoms with van der Waals surface area (Å²) in [6, 6.07) is 17.1. The van der Waals surface area contributed by atoms with Crippen molar-refractivity contribution in [3.05, 3.63) is 71.3 Å². The van der Waals surface area contributed by atoms with Gasteiger partial charge in [-0.05, 0) is 29.0 Å². The molecule has 5 heteroatoms. The first kappa shape index (κ1) is 19.0. The Labute approximate surface area is 160 Å². The number of hydrogen-bond acceptors (Lipinski definition) is 3. The van der Waals surface area contributed by atoms with Crippen LogP contribution in [0, 0.1) is 5.92 Å². The third-order valence-corrected chi connectivity index (χ3v) is 4.86. The smallest absolute Gasteiger partial charge is 0.408 e. The van der Waals surface area contributed by atoms with Gasteiger partial charge in [-0.25, -0.2) is 4.79 Å². The Kier molecular flexibility index (Phi) is 6.12. The van der Waals surface area contributed by atoms with Crippen molar-refractivity contribution in [2.24, 2.45) is 5.92 Å². The fourth-order valence-electron chi connectivity index (χ4n) is 3.29. The third-order valence-electron chi connectivity index (χ3n) is 4.86. The van der Waals surface area contributed by atoms with Crippen molar-refractivity contribution < 1.29 is 14.3 Å². The molecule has 0 bridgehead atoms. The number of hydrogen-bond donors (Lipinski definition) is 1. The zero-order valence-electron chi connectivity index (χ0n) is 15.9. The van der Waals surface area contributed by atoms with E-state index in [-0.39, 0.29) is 18.4 Å². The van der Waals surface area contributed by atoms with Crippen molar-refractivity contribution in [2.75, 3.05) is 6.54 Å². The van der Waals surface area contributed by atoms with E-state index in [0.717, 1.165) is 12.0 Å². The monoisotopic (exact) mass is 366 g/mol. The van der Waals surface area contributed by atoms with Gasteiger partial charge in [0, 0.05) is 13.1 Å². The van der Waals surface area contributed by atoms with E-state index in [4.69, 9.17) is 4.74 Å². The predicted octanol–water partition coefficient (Wildman–Crippen LogP) is 3.52. The first-order chi connectivity index (χ1) is 13.0. The van der Waals surface area contributed by atoms with Gasteiger partial charge in [0.05, 0.1) is 0 Å². The van der Waals surface area contributed by atoms with E-state index in [0.29, 0.717) is 13.1 Å². The van der Waals surface area contributed by atoms with Crippen molar-refractivity contribution in [1.82, 2.24) is 10.2 Å². The molecular weight excluding hydrogens is 340 g/mol. The second-order valence-electron chi connectivity index (χ2n) is 7.21. The van der Waals surface area contributed by atoms with Crippen LogP contribution < -0.4 is 5.32 Å². The number of amides is 2. The SMILES string of the molecule is CC(C)[C@@H](NC(=O)OCc1ccccc1)C(=O)N1CCc2ccccc2C1. The molecule has 0 saturated heterocycles. The summed E-state index contributed by atoms with van der Waals surface area (Å²) in [5.41, 5.74) is 3.37. The molecule has 2 aromatic rings. The number of carbonyl (C=O) groups excluding carboxylic acids is 2. The molecule has 142 valence electrons. The molecule has 0 fully saturated rings. The van der Waals surface area contributed by atoms with E-state index in [1.54, 1.807) is 0 Å². The molecule has 1 atom stereocenters. The number of fused-ring (bicyclic) bond motifs is 1. The normalized spacial score (nSPS) is 14.4. The first-order valence-corrected chi connectivity index (χ1v) is 9.37. The molecule has 0 unspecified atom stereocenters. The van der Waals surface area contributed by atoms with Gasteiger partial charge in [0.2, 0.25) is 5.91 Å². The summed E-state index contributed by atoms with van der Waals surface area (Å²) in [5.74, 6) is -0.0879. The number of carbonyl (C=O) groups is 2. The van der Waals surface area contributed by atoms with Crippen molar-refractivity contribution in [1.29, 1.82) is 0 Å². The van der Waals surface area contributed by atoms with Gasteiger partial charge >= 0.3 is 6.09 Å². The Morgan fingerprint density at radius 3 is 2.41 bits per heavy atom. The largest absolute Gasteiger partial charge is 0.445 e. The highest BCUT2D eigenvalue weighted by atomic mass is 16.5. The molecule has 1 heterocycles. The van der Waals surface area contributed by atoms with E-state index in [1.165, 1.54) is 11.1 Å². The van der Waals surface area contributed by atoms with Gasteiger partial charge in [0.1, 0.15) is 12.6 Å². The van der Waals surface area contributed by atoms with Gasteiger partial charge in [-0.1, -0.05) is 68.4 Å². The molecule has 2 amide bonds. The second kappa shape index (κ2) is 8.71. The molecule has 0 saturated carbocycles. The highest BCUT2D eigenvalue weighted by Crippen LogP contribution is 2.20. The third kappa shape index (κ3) is 4.88. The van der Waals surface area contributed by atoms with Crippen LogP contribution >= 0.6 is 0 Å². The lowest BCUT2D eigenvalue weighted by atomic mass is 9.97. The number of rotatable bonds is 5. The molecule has 0 aromatic heterocycles. The zero-order chi connectivity index (χ0) is 19.2. The first-order valence-electron chi connectivity index (χ1n) is 9.37. The lowest BCUT2D eigenvalue weighted by Crippen LogP contribution is -2.52. The molecule has 5 nitrogen and oxygen atoms in total. The van der Waals surface area contributed by atoms with Crippen LogP contribution in [0.15, 0.2) is 54.6 Å². The summed E-state index contributed by atoms with van der Waals surface area (Å²) in [7, 11) is 0. The van der Waals surface area contributed by atoms with E-state index < -0.39 is 12.1 Å². The molecule has 0 radical (unpaired) electrons. The minimum atomic E-state index is -0.599. The summed E-state index contributed by atoms with van der Waals surface area (Å²) in [6.45, 7) is 5.29. The minimum absolute atomic E-state index is 0.0288. The van der Waals surface area contributed by atoms with Crippen LogP contribution in [0.3, 0.4) is 0 Å². The van der Waals surface area contributed by atoms with E-state index in [9.17, 15) is 9.59 Å². The number of nitrogens with zero attached hydrogens (tertiary/aromatic N) is 1. The molecule has 27 heavy (non-hydrogen) atoms. The van der Waals surface area contributed by atoms with Crippen molar-refractivity contribution in [3.63, 3.8) is 0 Å². The van der Waals surface area contributed by atoms with E-state index in [1.807, 2.05) is 61.2 Å². The van der Waals surface area contributed by atoms with Crippen LogP contribution in [-0.4, -0.2) is 29.5 Å². The summed E-state index contributed by atoms with van der Waals surface area (Å²) in [4.78, 5) is 27.1. The van der Waals surface area contributed by atoms with Crippen LogP contribution in [0.5, 0.6) is 0 Å². The summed E-state index contributed by atoms with van der Waals surface area (Å²) < 4.78 is 5.28. The highest BCUT2D eigenvalue weighted by Gasteiger charge is 2.30. The maximum Gasteiger partial charge on any atom is 0.408 e. The second-order valence-corrected chi connectivity index (χ2v) is 7.21. The topological polar surface area (TPSA) is 58.6 Å². The lowest BCUT2D eigenvalue weighted by molar-refractivity contribution is -0.135. The van der Waals surface area contributed by atoms with Crippen LogP contribution in [0.4, 0.5) is 4.79 Å². The average Bonchev–Trinajstić information content (AvgIpc) is 2.70. The van der Waals surface area contributed by atoms with Crippen molar-refractivity contribution in [3.8, 4) is 0 Å². The van der Waals surface area contributed by atoms with Crippen molar-refractivity contribution in [2.45, 2.75) is 39.5 Å². The minimum Gasteiger partial charge on any atom is -0.445 e. The average molecular weight is 366 g/mol. The van der Waals surface area contributed by atoms with Gasteiger partial charge in [0.25, 0.3) is 0 Å². The standard InChI is InChI=1S/C22H26N2O3/c1-16(2)20(23-22(26)27-15-17-8-4-3-5-9-17)21(25)24-13-12-18-10-6-7-11-19(18)14-24/h3-11,16,20H,12-15H2,1-2H3,(H,23,26)/t20-/m1/s1. The van der Waals surface area contributed by atoms with E-state index in [2.05, 4.69) is 17.4 Å². The lowest BCUT2D eigenvalue weighted by Gasteiger charge is -2.33. The van der Waals surface area contributed by atoms with Gasteiger partial charge in [0.15, 0.2) is 0 Å². The molecule has 0 aliphatic carbocycles. The Morgan fingerprint density at radius 2 is 1.70 bits per heavy atom. The molecule has 1 aliphatic rings. The zero-order valence-corrected chi connectivity index (χ0v) is 15.9. The van der Waals surface area contributed by atoms with Crippen LogP contribution in [0.1, 0.15) is 30.5 Å². The van der Waals surface area contributed by atoms with Crippen LogP contribution in [-0.2, 0) is 29.1 Å². The van der Waals surface area contributed by atoms with Gasteiger partial charge < -0.3 is 15.0 Å². The molecule has 2 aromatic carbocycles. The molecule has 3 rings (SSSR count). The van der Waals surface area contributed by atoms with Gasteiger partial charge in [-0.3, -0.25) is 4.79 Å². The maximum atomic E-state index is 13.0. The summed E-state index contributed by atoms with van der Waals surface area (Å²) >= 11 is 0. The fraction of sp³-hybridized carbons (Fsp3) is 0.364. The van der Waals surface area contributed by atoms with Crippen LogP contribution in [0.25, 0.3) is 0 Å². The fourth-order valence-corrected chi connectivity index (χ4v) is 3.29. The van der Waals surface area contributed by atoms with E-state index >= 15 is 0 Å².